The highest BCUT2D eigenvalue weighted by atomic mass is 32.2. The number of sulfonamides is 1. The molecule has 0 bridgehead atoms. The minimum atomic E-state index is -3.54. The van der Waals surface area contributed by atoms with Gasteiger partial charge in [0.2, 0.25) is 15.9 Å². The smallest absolute Gasteiger partial charge is 0.248 e. The molecule has 0 radical (unpaired) electrons. The van der Waals surface area contributed by atoms with Gasteiger partial charge in [0.15, 0.2) is 0 Å². The van der Waals surface area contributed by atoms with E-state index in [4.69, 9.17) is 14.2 Å². The monoisotopic (exact) mass is 472 g/mol. The first-order valence-electron chi connectivity index (χ1n) is 11.0. The second-order valence-corrected chi connectivity index (χ2v) is 9.82. The third kappa shape index (κ3) is 6.42. The first kappa shape index (κ1) is 23.4. The third-order valence-electron chi connectivity index (χ3n) is 5.48. The van der Waals surface area contributed by atoms with Crippen LogP contribution in [0.3, 0.4) is 0 Å². The van der Waals surface area contributed by atoms with E-state index in [0.29, 0.717) is 44.3 Å². The third-order valence-corrected chi connectivity index (χ3v) is 7.39. The Balaban J connectivity index is 1.31. The van der Waals surface area contributed by atoms with Crippen LogP contribution in [0.25, 0.3) is 6.08 Å². The van der Waals surface area contributed by atoms with Crippen molar-refractivity contribution in [3.05, 3.63) is 60.2 Å². The van der Waals surface area contributed by atoms with Crippen molar-refractivity contribution in [3.8, 4) is 5.75 Å². The van der Waals surface area contributed by atoms with E-state index in [1.807, 2.05) is 12.1 Å². The largest absolute Gasteiger partial charge is 0.491 e. The lowest BCUT2D eigenvalue weighted by molar-refractivity contribution is -0.111. The van der Waals surface area contributed by atoms with Crippen LogP contribution in [0.4, 0.5) is 5.69 Å². The fourth-order valence-corrected chi connectivity index (χ4v) is 5.08. The molecule has 2 aliphatic heterocycles. The van der Waals surface area contributed by atoms with Gasteiger partial charge in [0.1, 0.15) is 12.4 Å². The fourth-order valence-electron chi connectivity index (χ4n) is 3.67. The molecule has 33 heavy (non-hydrogen) atoms. The zero-order chi connectivity index (χ0) is 23.1. The van der Waals surface area contributed by atoms with Crippen molar-refractivity contribution in [2.45, 2.75) is 23.8 Å². The molecule has 8 nitrogen and oxygen atoms in total. The summed E-state index contributed by atoms with van der Waals surface area (Å²) in [5.41, 5.74) is 1.35. The van der Waals surface area contributed by atoms with Crippen LogP contribution in [-0.2, 0) is 24.3 Å². The van der Waals surface area contributed by atoms with Gasteiger partial charge in [0.25, 0.3) is 0 Å². The predicted octanol–water partition coefficient (Wildman–Crippen LogP) is 2.92. The molecule has 1 unspecified atom stereocenters. The van der Waals surface area contributed by atoms with Gasteiger partial charge >= 0.3 is 0 Å². The SMILES string of the molecule is O=C(/C=C/c1ccc(S(=O)(=O)N2CCOCC2)cc1)Nc1cccc(OCC2CCCO2)c1. The number of amides is 1. The van der Waals surface area contributed by atoms with Gasteiger partial charge in [0.05, 0.1) is 24.2 Å². The van der Waals surface area contributed by atoms with E-state index < -0.39 is 10.0 Å². The summed E-state index contributed by atoms with van der Waals surface area (Å²) < 4.78 is 43.3. The Kier molecular flexibility index (Phi) is 7.77. The second kappa shape index (κ2) is 10.9. The quantitative estimate of drug-likeness (QED) is 0.594. The maximum Gasteiger partial charge on any atom is 0.248 e. The number of carbonyl (C=O) groups excluding carboxylic acids is 1. The van der Waals surface area contributed by atoms with Crippen LogP contribution in [0.1, 0.15) is 18.4 Å². The Morgan fingerprint density at radius 3 is 2.64 bits per heavy atom. The lowest BCUT2D eigenvalue weighted by atomic mass is 10.2. The van der Waals surface area contributed by atoms with Crippen LogP contribution in [0.2, 0.25) is 0 Å². The summed E-state index contributed by atoms with van der Waals surface area (Å²) in [7, 11) is -3.54. The molecule has 0 aromatic heterocycles. The summed E-state index contributed by atoms with van der Waals surface area (Å²) in [4.78, 5) is 12.6. The van der Waals surface area contributed by atoms with Gasteiger partial charge in [-0.25, -0.2) is 8.42 Å². The highest BCUT2D eigenvalue weighted by molar-refractivity contribution is 7.89. The van der Waals surface area contributed by atoms with E-state index in [9.17, 15) is 13.2 Å². The maximum atomic E-state index is 12.7. The molecule has 0 spiro atoms. The summed E-state index contributed by atoms with van der Waals surface area (Å²) in [6.45, 7) is 2.78. The van der Waals surface area contributed by atoms with Crippen molar-refractivity contribution in [2.75, 3.05) is 44.8 Å². The van der Waals surface area contributed by atoms with Crippen molar-refractivity contribution >= 4 is 27.7 Å². The van der Waals surface area contributed by atoms with Gasteiger partial charge in [-0.3, -0.25) is 4.79 Å². The van der Waals surface area contributed by atoms with Crippen LogP contribution in [0.5, 0.6) is 5.75 Å². The average molecular weight is 473 g/mol. The highest BCUT2D eigenvalue weighted by Gasteiger charge is 2.26. The van der Waals surface area contributed by atoms with Crippen molar-refractivity contribution in [1.29, 1.82) is 0 Å². The summed E-state index contributed by atoms with van der Waals surface area (Å²) >= 11 is 0. The Morgan fingerprint density at radius 1 is 1.12 bits per heavy atom. The maximum absolute atomic E-state index is 12.7. The number of carbonyl (C=O) groups is 1. The van der Waals surface area contributed by atoms with Gasteiger partial charge in [-0.1, -0.05) is 18.2 Å². The molecule has 4 rings (SSSR count). The van der Waals surface area contributed by atoms with Crippen LogP contribution in [0, 0.1) is 0 Å². The summed E-state index contributed by atoms with van der Waals surface area (Å²) in [6, 6.07) is 13.7. The Bertz CT molecular complexity index is 1070. The number of hydrogen-bond donors (Lipinski definition) is 1. The zero-order valence-electron chi connectivity index (χ0n) is 18.3. The van der Waals surface area contributed by atoms with E-state index in [2.05, 4.69) is 5.32 Å². The van der Waals surface area contributed by atoms with Crippen molar-refractivity contribution in [3.63, 3.8) is 0 Å². The normalized spacial score (nSPS) is 19.6. The number of nitrogens with zero attached hydrogens (tertiary/aromatic N) is 1. The molecule has 2 fully saturated rings. The number of hydrogen-bond acceptors (Lipinski definition) is 6. The summed E-state index contributed by atoms with van der Waals surface area (Å²) in [5, 5.41) is 2.81. The van der Waals surface area contributed by atoms with Crippen molar-refractivity contribution < 1.29 is 27.4 Å². The molecule has 2 aliphatic rings. The molecule has 2 aromatic rings. The van der Waals surface area contributed by atoms with Crippen LogP contribution >= 0.6 is 0 Å². The van der Waals surface area contributed by atoms with Crippen LogP contribution < -0.4 is 10.1 Å². The summed E-state index contributed by atoms with van der Waals surface area (Å²) in [5.74, 6) is 0.376. The van der Waals surface area contributed by atoms with Crippen molar-refractivity contribution in [2.24, 2.45) is 0 Å². The molecule has 1 N–H and O–H groups in total. The molecule has 0 saturated carbocycles. The van der Waals surface area contributed by atoms with E-state index in [1.165, 1.54) is 10.4 Å². The molecule has 2 aromatic carbocycles. The zero-order valence-corrected chi connectivity index (χ0v) is 19.1. The number of morpholine rings is 1. The lowest BCUT2D eigenvalue weighted by Gasteiger charge is -2.26. The number of nitrogens with one attached hydrogen (secondary N) is 1. The predicted molar refractivity (Wildman–Crippen MR) is 125 cm³/mol. The van der Waals surface area contributed by atoms with Gasteiger partial charge < -0.3 is 19.5 Å². The minimum Gasteiger partial charge on any atom is -0.491 e. The number of anilines is 1. The molecule has 0 aliphatic carbocycles. The first-order chi connectivity index (χ1) is 16.0. The van der Waals surface area contributed by atoms with E-state index >= 15 is 0 Å². The van der Waals surface area contributed by atoms with Crippen molar-refractivity contribution in [1.82, 2.24) is 4.31 Å². The van der Waals surface area contributed by atoms with Gasteiger partial charge in [-0.15, -0.1) is 0 Å². The van der Waals surface area contributed by atoms with Crippen LogP contribution in [-0.4, -0.2) is 64.3 Å². The Morgan fingerprint density at radius 2 is 1.91 bits per heavy atom. The summed E-state index contributed by atoms with van der Waals surface area (Å²) in [6.07, 6.45) is 5.23. The molecular formula is C24H28N2O6S. The molecule has 1 atom stereocenters. The number of ether oxygens (including phenoxy) is 3. The van der Waals surface area contributed by atoms with Gasteiger partial charge in [-0.2, -0.15) is 4.31 Å². The minimum absolute atomic E-state index is 0.126. The molecule has 2 heterocycles. The van der Waals surface area contributed by atoms with E-state index in [0.717, 1.165) is 25.0 Å². The van der Waals surface area contributed by atoms with Crippen LogP contribution in [0.15, 0.2) is 59.5 Å². The molecule has 2 saturated heterocycles. The second-order valence-electron chi connectivity index (χ2n) is 7.88. The number of rotatable bonds is 8. The Hall–Kier alpha value is -2.72. The van der Waals surface area contributed by atoms with E-state index in [-0.39, 0.29) is 16.9 Å². The highest BCUT2D eigenvalue weighted by Crippen LogP contribution is 2.21. The standard InChI is InChI=1S/C24H28N2O6S/c27-24(25-20-3-1-4-21(17-20)32-18-22-5-2-14-31-22)11-8-19-6-9-23(10-7-19)33(28,29)26-12-15-30-16-13-26/h1,3-4,6-11,17,22H,2,5,12-16,18H2,(H,25,27)/b11-8+. The topological polar surface area (TPSA) is 94.2 Å². The van der Waals surface area contributed by atoms with E-state index in [1.54, 1.807) is 42.5 Å². The average Bonchev–Trinajstić information content (AvgIpc) is 3.36. The fraction of sp³-hybridized carbons (Fsp3) is 0.375. The lowest BCUT2D eigenvalue weighted by Crippen LogP contribution is -2.40. The van der Waals surface area contributed by atoms with Gasteiger partial charge in [0, 0.05) is 37.5 Å². The molecular weight excluding hydrogens is 444 g/mol. The molecule has 176 valence electrons. The van der Waals surface area contributed by atoms with Gasteiger partial charge in [-0.05, 0) is 48.7 Å². The first-order valence-corrected chi connectivity index (χ1v) is 12.5. The number of benzene rings is 2. The molecule has 1 amide bonds. The Labute approximate surface area is 194 Å². The molecule has 9 heteroatoms.